The van der Waals surface area contributed by atoms with E-state index in [2.05, 4.69) is 30.6 Å². The van der Waals surface area contributed by atoms with Gasteiger partial charge in [-0.1, -0.05) is 5.56 Å². The number of methoxy groups -OCH3 is 1. The molecule has 12 heavy (non-hydrogen) atoms. The molecule has 0 spiro atoms. The zero-order chi connectivity index (χ0) is 9.40. The van der Waals surface area contributed by atoms with Crippen LogP contribution >= 0.6 is 19.8 Å². The van der Waals surface area contributed by atoms with Crippen molar-refractivity contribution in [1.29, 1.82) is 0 Å². The van der Waals surface area contributed by atoms with Crippen molar-refractivity contribution in [2.24, 2.45) is 0 Å². The number of ether oxygens (including phenoxy) is 1. The Morgan fingerprint density at radius 2 is 2.33 bits per heavy atom. The van der Waals surface area contributed by atoms with Crippen LogP contribution in [0.25, 0.3) is 0 Å². The minimum atomic E-state index is -0.322. The van der Waals surface area contributed by atoms with Gasteiger partial charge >= 0.3 is 34.5 Å². The molecule has 0 heterocycles. The number of hydrogen-bond donors (Lipinski definition) is 0. The Morgan fingerprint density at radius 3 is 2.75 bits per heavy atom. The predicted octanol–water partition coefficient (Wildman–Crippen LogP) is 2.16. The van der Waals surface area contributed by atoms with E-state index in [-0.39, 0.29) is 5.97 Å². The third-order valence-electron chi connectivity index (χ3n) is 1.13. The van der Waals surface area contributed by atoms with Crippen molar-refractivity contribution in [3.63, 3.8) is 0 Å². The molecule has 0 fully saturated rings. The molecule has 0 bridgehead atoms. The number of hydrogen-bond acceptors (Lipinski definition) is 2. The summed E-state index contributed by atoms with van der Waals surface area (Å²) in [6.07, 6.45) is 0. The van der Waals surface area contributed by atoms with Crippen molar-refractivity contribution in [3.05, 3.63) is 35.9 Å². The van der Waals surface area contributed by atoms with Gasteiger partial charge in [0, 0.05) is 0 Å². The molecule has 0 saturated carbocycles. The predicted molar refractivity (Wildman–Crippen MR) is 50.6 cm³/mol. The Balaban J connectivity index is 0.000000561. The maximum atomic E-state index is 10.8. The van der Waals surface area contributed by atoms with E-state index in [1.165, 1.54) is 21.9 Å². The van der Waals surface area contributed by atoms with Gasteiger partial charge in [-0.25, -0.2) is 0 Å². The summed E-state index contributed by atoms with van der Waals surface area (Å²) in [6.45, 7) is 0. The quantitative estimate of drug-likeness (QED) is 0.342. The van der Waals surface area contributed by atoms with E-state index in [9.17, 15) is 4.79 Å². The first-order valence-corrected chi connectivity index (χ1v) is 12.2. The van der Waals surface area contributed by atoms with E-state index in [1.54, 1.807) is 24.3 Å². The van der Waals surface area contributed by atoms with E-state index in [1.807, 2.05) is 0 Å². The topological polar surface area (TPSA) is 26.3 Å². The van der Waals surface area contributed by atoms with Gasteiger partial charge in [0.15, 0.2) is 0 Å². The fourth-order valence-electron chi connectivity index (χ4n) is 0.638. The molecule has 0 radical (unpaired) electrons. The van der Waals surface area contributed by atoms with Crippen molar-refractivity contribution < 1.29 is 24.3 Å². The molecule has 1 rings (SSSR count). The average Bonchev–Trinajstić information content (AvgIpc) is 2.21. The van der Waals surface area contributed by atoms with E-state index in [4.69, 9.17) is 0 Å². The van der Waals surface area contributed by atoms with Gasteiger partial charge in [0.1, 0.15) is 0 Å². The Kier molecular flexibility index (Phi) is 7.71. The molecule has 0 aliphatic heterocycles. The summed E-state index contributed by atoms with van der Waals surface area (Å²) in [5.74, 6) is -0.322. The molecule has 0 saturated heterocycles. The summed E-state index contributed by atoms with van der Waals surface area (Å²) in [4.78, 5) is 10.8. The van der Waals surface area contributed by atoms with Crippen LogP contribution in [0, 0.1) is 6.07 Å². The standard InChI is InChI=1S/C8H7O2.HI.Zn/c1-10-8(9)7-5-3-2-4-6-7;;/h2-3,5-6H,1H3;1H;/q-1;;+2/p-1. The first kappa shape index (κ1) is 12.0. The fraction of sp³-hybridized carbons (Fsp3) is 0.125. The molecule has 1 aromatic carbocycles. The van der Waals surface area contributed by atoms with Crippen LogP contribution in [-0.4, -0.2) is 13.1 Å². The molecular formula is C8H7IO2Zn. The van der Waals surface area contributed by atoms with Gasteiger partial charge in [-0.3, -0.25) is 4.79 Å². The molecule has 0 aliphatic rings. The van der Waals surface area contributed by atoms with Crippen LogP contribution < -0.4 is 0 Å². The van der Waals surface area contributed by atoms with Gasteiger partial charge < -0.3 is 4.74 Å². The second kappa shape index (κ2) is 7.68. The molecule has 0 unspecified atom stereocenters. The number of benzene rings is 1. The zero-order valence-electron chi connectivity index (χ0n) is 6.71. The summed E-state index contributed by atoms with van der Waals surface area (Å²) >= 11 is 3.62. The molecule has 2 nitrogen and oxygen atoms in total. The second-order valence-corrected chi connectivity index (χ2v) is 1.78. The first-order chi connectivity index (χ1) is 5.84. The molecular weight excluding hydrogens is 320 g/mol. The van der Waals surface area contributed by atoms with E-state index in [0.29, 0.717) is 5.56 Å². The molecule has 0 amide bonds. The van der Waals surface area contributed by atoms with Gasteiger partial charge in [-0.2, -0.15) is 30.3 Å². The normalized spacial score (nSPS) is 8.00. The van der Waals surface area contributed by atoms with Crippen LogP contribution in [0.4, 0.5) is 0 Å². The number of carbonyl (C=O) groups excluding carboxylic acids is 1. The van der Waals surface area contributed by atoms with Crippen molar-refractivity contribution in [1.82, 2.24) is 0 Å². The number of rotatable bonds is 1. The second-order valence-electron chi connectivity index (χ2n) is 1.78. The third-order valence-corrected chi connectivity index (χ3v) is 1.13. The molecule has 4 heteroatoms. The van der Waals surface area contributed by atoms with Gasteiger partial charge in [-0.05, 0) is 0 Å². The molecule has 0 N–H and O–H groups in total. The summed E-state index contributed by atoms with van der Waals surface area (Å²) in [7, 11) is 1.36. The SMILES string of the molecule is COC(=O)c1c[c-]ccc1.[Zn+][I]. The number of halogens is 1. The zero-order valence-corrected chi connectivity index (χ0v) is 11.8. The van der Waals surface area contributed by atoms with Crippen molar-refractivity contribution in [2.45, 2.75) is 0 Å². The fourth-order valence-corrected chi connectivity index (χ4v) is 0.638. The van der Waals surface area contributed by atoms with E-state index < -0.39 is 0 Å². The molecule has 0 aliphatic carbocycles. The van der Waals surface area contributed by atoms with Crippen molar-refractivity contribution in [2.75, 3.05) is 7.11 Å². The summed E-state index contributed by atoms with van der Waals surface area (Å²) in [5, 5.41) is 0. The van der Waals surface area contributed by atoms with Gasteiger partial charge in [0.25, 0.3) is 5.97 Å². The monoisotopic (exact) mass is 326 g/mol. The van der Waals surface area contributed by atoms with Crippen LogP contribution in [-0.2, 0) is 19.5 Å². The summed E-state index contributed by atoms with van der Waals surface area (Å²) in [5.41, 5.74) is 0.532. The molecule has 1 aromatic rings. The van der Waals surface area contributed by atoms with Gasteiger partial charge in [-0.15, -0.1) is 0 Å². The van der Waals surface area contributed by atoms with E-state index >= 15 is 0 Å². The Bertz CT molecular complexity index is 226. The van der Waals surface area contributed by atoms with E-state index in [0.717, 1.165) is 0 Å². The van der Waals surface area contributed by atoms with Crippen LogP contribution in [0.15, 0.2) is 24.3 Å². The molecule has 0 aromatic heterocycles. The van der Waals surface area contributed by atoms with Crippen molar-refractivity contribution >= 4 is 25.7 Å². The first-order valence-electron chi connectivity index (χ1n) is 3.16. The minimum absolute atomic E-state index is 0.322. The molecule has 0 atom stereocenters. The number of carbonyl (C=O) groups is 1. The van der Waals surface area contributed by atoms with Crippen LogP contribution in [0.3, 0.4) is 0 Å². The van der Waals surface area contributed by atoms with Crippen LogP contribution in [0.5, 0.6) is 0 Å². The Morgan fingerprint density at radius 1 is 1.67 bits per heavy atom. The average molecular weight is 327 g/mol. The summed E-state index contributed by atoms with van der Waals surface area (Å²) < 4.78 is 4.48. The Labute approximate surface area is 92.5 Å². The van der Waals surface area contributed by atoms with Gasteiger partial charge in [0.2, 0.25) is 0 Å². The summed E-state index contributed by atoms with van der Waals surface area (Å²) in [6, 6.07) is 9.52. The van der Waals surface area contributed by atoms with Gasteiger partial charge in [0.05, 0.1) is 7.11 Å². The van der Waals surface area contributed by atoms with Crippen LogP contribution in [0.1, 0.15) is 10.4 Å². The Hall–Kier alpha value is 0.0434. The number of esters is 1. The van der Waals surface area contributed by atoms with Crippen molar-refractivity contribution in [3.8, 4) is 0 Å². The maximum absolute atomic E-state index is 10.8. The third kappa shape index (κ3) is 4.16. The van der Waals surface area contributed by atoms with Crippen LogP contribution in [0.2, 0.25) is 0 Å². The molecule has 60 valence electrons.